The van der Waals surface area contributed by atoms with Crippen LogP contribution < -0.4 is 14.5 Å². The Morgan fingerprint density at radius 2 is 1.73 bits per heavy atom. The largest absolute Gasteiger partial charge is 0.504 e. The fraction of sp³-hybridized carbons (Fsp3) is 0.293. The third kappa shape index (κ3) is 4.94. The molecule has 2 saturated heterocycles. The minimum absolute atomic E-state index is 0.122. The minimum Gasteiger partial charge on any atom is -0.504 e. The second-order valence-corrected chi connectivity index (χ2v) is 16.6. The predicted molar refractivity (Wildman–Crippen MR) is 209 cm³/mol. The number of aryl methyl sites for hydroxylation is 2. The number of carbonyl (C=O) groups excluding carboxylic acids is 4. The zero-order valence-corrected chi connectivity index (χ0v) is 32.1. The normalized spacial score (nSPS) is 25.7. The number of benzene rings is 3. The number of allylic oxidation sites excluding steroid dienone is 2. The molecule has 56 heavy (non-hydrogen) atoms. The van der Waals surface area contributed by atoms with Crippen molar-refractivity contribution in [3.63, 3.8) is 0 Å². The lowest BCUT2D eigenvalue weighted by atomic mass is 9.51. The van der Waals surface area contributed by atoms with E-state index in [9.17, 15) is 29.6 Å². The van der Waals surface area contributed by atoms with Gasteiger partial charge in [-0.25, -0.2) is 4.90 Å². The molecule has 9 rings (SSSR count). The molecule has 6 unspecified atom stereocenters. The number of nitro benzene ring substituents is 1. The number of nitro groups is 1. The molecule has 0 bridgehead atoms. The average molecular weight is 792 g/mol. The fourth-order valence-corrected chi connectivity index (χ4v) is 11.0. The second kappa shape index (κ2) is 12.6. The van der Waals surface area contributed by atoms with Gasteiger partial charge in [0.15, 0.2) is 11.5 Å². The Balaban J connectivity index is 1.14. The lowest BCUT2D eigenvalue weighted by Crippen LogP contribution is -2.48. The van der Waals surface area contributed by atoms with Crippen LogP contribution in [0.25, 0.3) is 20.7 Å². The standard InChI is InChI=1S/C41H34ClN5O8S/c1-19-26-16-21(42)6-14-32(26)56-36(19)29-18-33(44(3)43-29)46-38(50)28-17-27-24(35(41(28,2)40(46)52)20-5-13-31(55-4)30(48)15-20)11-12-25-34(27)39(51)45(37(25)49)22-7-9-23(10-8-22)47(53)54/h5-11,13-16,18,25,27-28,34-35,48H,12,17H2,1-4H3. The van der Waals surface area contributed by atoms with Crippen molar-refractivity contribution in [3.8, 4) is 22.1 Å². The van der Waals surface area contributed by atoms with Crippen molar-refractivity contribution in [1.82, 2.24) is 9.78 Å². The number of hydrogen-bond donors (Lipinski definition) is 1. The molecule has 284 valence electrons. The molecule has 6 atom stereocenters. The molecule has 3 fully saturated rings. The van der Waals surface area contributed by atoms with Crippen LogP contribution in [0, 0.1) is 46.1 Å². The first-order chi connectivity index (χ1) is 26.7. The Morgan fingerprint density at radius 3 is 2.43 bits per heavy atom. The molecular formula is C41H34ClN5O8S. The van der Waals surface area contributed by atoms with Gasteiger partial charge in [0.1, 0.15) is 11.5 Å². The maximum atomic E-state index is 15.1. The number of phenols is 1. The zero-order valence-electron chi connectivity index (χ0n) is 30.6. The number of ether oxygens (including phenoxy) is 1. The van der Waals surface area contributed by atoms with Crippen LogP contribution in [-0.2, 0) is 26.2 Å². The highest BCUT2D eigenvalue weighted by Crippen LogP contribution is 2.64. The van der Waals surface area contributed by atoms with E-state index in [2.05, 4.69) is 0 Å². The Hall–Kier alpha value is -5.86. The van der Waals surface area contributed by atoms with Crippen LogP contribution in [0.1, 0.15) is 36.8 Å². The van der Waals surface area contributed by atoms with Gasteiger partial charge in [-0.3, -0.25) is 38.9 Å². The quantitative estimate of drug-likeness (QED) is 0.0803. The van der Waals surface area contributed by atoms with Gasteiger partial charge in [-0.15, -0.1) is 11.3 Å². The van der Waals surface area contributed by atoms with Crippen LogP contribution >= 0.6 is 22.9 Å². The van der Waals surface area contributed by atoms with Gasteiger partial charge in [0.05, 0.1) is 45.8 Å². The maximum Gasteiger partial charge on any atom is 0.269 e. The van der Waals surface area contributed by atoms with Crippen molar-refractivity contribution in [1.29, 1.82) is 0 Å². The van der Waals surface area contributed by atoms with Crippen LogP contribution in [0.4, 0.5) is 17.2 Å². The van der Waals surface area contributed by atoms with Crippen LogP contribution in [0.2, 0.25) is 5.02 Å². The van der Waals surface area contributed by atoms with E-state index >= 15 is 4.79 Å². The molecule has 2 aliphatic carbocycles. The highest BCUT2D eigenvalue weighted by atomic mass is 35.5. The molecule has 5 aromatic rings. The molecule has 0 spiro atoms. The predicted octanol–water partition coefficient (Wildman–Crippen LogP) is 7.32. The summed E-state index contributed by atoms with van der Waals surface area (Å²) in [6.07, 6.45) is 2.25. The number of phenolic OH excluding ortho intramolecular Hbond substituents is 1. The number of rotatable bonds is 6. The first-order valence-electron chi connectivity index (χ1n) is 18.0. The summed E-state index contributed by atoms with van der Waals surface area (Å²) in [6.45, 7) is 3.75. The summed E-state index contributed by atoms with van der Waals surface area (Å²) in [6, 6.07) is 17.6. The van der Waals surface area contributed by atoms with E-state index in [1.165, 1.54) is 58.4 Å². The van der Waals surface area contributed by atoms with Crippen molar-refractivity contribution in [2.24, 2.45) is 36.1 Å². The third-order valence-electron chi connectivity index (χ3n) is 12.3. The number of imide groups is 2. The molecule has 1 N–H and O–H groups in total. The molecule has 13 nitrogen and oxygen atoms in total. The van der Waals surface area contributed by atoms with Gasteiger partial charge in [-0.1, -0.05) is 29.3 Å². The van der Waals surface area contributed by atoms with E-state index in [0.717, 1.165) is 31.0 Å². The van der Waals surface area contributed by atoms with E-state index in [1.54, 1.807) is 32.2 Å². The molecule has 4 amide bonds. The molecule has 2 aromatic heterocycles. The van der Waals surface area contributed by atoms with E-state index in [1.807, 2.05) is 31.2 Å². The molecular weight excluding hydrogens is 758 g/mol. The number of nitrogens with zero attached hydrogens (tertiary/aromatic N) is 5. The van der Waals surface area contributed by atoms with E-state index < -0.39 is 63.6 Å². The van der Waals surface area contributed by atoms with Crippen molar-refractivity contribution >= 4 is 73.8 Å². The lowest BCUT2D eigenvalue weighted by molar-refractivity contribution is -0.384. The van der Waals surface area contributed by atoms with Gasteiger partial charge < -0.3 is 9.84 Å². The number of non-ortho nitro benzene ring substituents is 1. The fourth-order valence-electron chi connectivity index (χ4n) is 9.69. The van der Waals surface area contributed by atoms with Crippen LogP contribution in [-0.4, -0.2) is 50.5 Å². The second-order valence-electron chi connectivity index (χ2n) is 15.1. The molecule has 4 heterocycles. The van der Waals surface area contributed by atoms with E-state index in [-0.39, 0.29) is 35.7 Å². The SMILES string of the molecule is COc1ccc(C2C3=CCC4C(=O)N(c5ccc([N+](=O)[O-])cc5)C(=O)C4C3CC3C(=O)N(c4cc(-c5sc6ccc(Cl)cc6c5C)nn4C)C(=O)C32C)cc1O. The zero-order chi connectivity index (χ0) is 39.5. The number of thiophene rings is 1. The first-order valence-corrected chi connectivity index (χ1v) is 19.2. The van der Waals surface area contributed by atoms with Gasteiger partial charge in [-0.2, -0.15) is 5.10 Å². The third-order valence-corrected chi connectivity index (χ3v) is 13.9. The molecule has 15 heteroatoms. The number of anilines is 2. The van der Waals surface area contributed by atoms with Gasteiger partial charge >= 0.3 is 0 Å². The number of halogens is 1. The Labute approximate surface area is 328 Å². The molecule has 3 aromatic carbocycles. The Kier molecular flexibility index (Phi) is 8.05. The van der Waals surface area contributed by atoms with Crippen LogP contribution in [0.15, 0.2) is 78.4 Å². The number of hydrogen-bond acceptors (Lipinski definition) is 10. The highest BCUT2D eigenvalue weighted by molar-refractivity contribution is 7.22. The Morgan fingerprint density at radius 1 is 0.982 bits per heavy atom. The van der Waals surface area contributed by atoms with E-state index in [4.69, 9.17) is 21.4 Å². The smallest absolute Gasteiger partial charge is 0.269 e. The van der Waals surface area contributed by atoms with Crippen molar-refractivity contribution in [3.05, 3.63) is 105 Å². The number of aromatic nitrogens is 2. The van der Waals surface area contributed by atoms with Crippen molar-refractivity contribution < 1.29 is 33.9 Å². The monoisotopic (exact) mass is 791 g/mol. The topological polar surface area (TPSA) is 165 Å². The van der Waals surface area contributed by atoms with Crippen molar-refractivity contribution in [2.45, 2.75) is 32.6 Å². The van der Waals surface area contributed by atoms with Crippen molar-refractivity contribution in [2.75, 3.05) is 16.9 Å². The maximum absolute atomic E-state index is 15.1. The number of aromatic hydroxyl groups is 1. The summed E-state index contributed by atoms with van der Waals surface area (Å²) < 4.78 is 7.88. The van der Waals surface area contributed by atoms with Crippen LogP contribution in [0.3, 0.4) is 0 Å². The molecule has 1 saturated carbocycles. The highest BCUT2D eigenvalue weighted by Gasteiger charge is 2.68. The number of methoxy groups -OCH3 is 1. The molecule has 2 aliphatic heterocycles. The first kappa shape index (κ1) is 35.8. The summed E-state index contributed by atoms with van der Waals surface area (Å²) in [7, 11) is 3.12. The van der Waals surface area contributed by atoms with Crippen LogP contribution in [0.5, 0.6) is 11.5 Å². The molecule has 0 radical (unpaired) electrons. The summed E-state index contributed by atoms with van der Waals surface area (Å²) in [5.74, 6) is -5.25. The molecule has 4 aliphatic rings. The Bertz CT molecular complexity index is 2620. The van der Waals surface area contributed by atoms with Gasteiger partial charge in [0.2, 0.25) is 23.6 Å². The summed E-state index contributed by atoms with van der Waals surface area (Å²) in [5.41, 5.74) is 1.56. The summed E-state index contributed by atoms with van der Waals surface area (Å²) in [4.78, 5) is 72.3. The van der Waals surface area contributed by atoms with Gasteiger partial charge in [0.25, 0.3) is 5.69 Å². The van der Waals surface area contributed by atoms with Gasteiger partial charge in [0, 0.05) is 40.9 Å². The number of fused-ring (bicyclic) bond motifs is 5. The number of carbonyl (C=O) groups is 4. The number of amides is 4. The average Bonchev–Trinajstić information content (AvgIpc) is 3.84. The summed E-state index contributed by atoms with van der Waals surface area (Å²) in [5, 5.41) is 28.7. The van der Waals surface area contributed by atoms with E-state index in [0.29, 0.717) is 22.1 Å². The van der Waals surface area contributed by atoms with Gasteiger partial charge in [-0.05, 0) is 91.6 Å². The lowest BCUT2D eigenvalue weighted by Gasteiger charge is -2.49. The minimum atomic E-state index is -1.36. The summed E-state index contributed by atoms with van der Waals surface area (Å²) >= 11 is 7.85.